The number of carbonyl (C=O) groups is 1. The van der Waals surface area contributed by atoms with E-state index in [0.717, 1.165) is 15.6 Å². The number of aryl methyl sites for hydroxylation is 1. The van der Waals surface area contributed by atoms with Gasteiger partial charge in [0.2, 0.25) is 0 Å². The maximum absolute atomic E-state index is 12.1. The first kappa shape index (κ1) is 15.0. The lowest BCUT2D eigenvalue weighted by molar-refractivity contribution is -0.112. The van der Waals surface area contributed by atoms with Crippen molar-refractivity contribution in [2.75, 3.05) is 5.32 Å². The van der Waals surface area contributed by atoms with E-state index in [1.54, 1.807) is 12.1 Å². The average molecular weight is 341 g/mol. The van der Waals surface area contributed by atoms with Crippen LogP contribution in [-0.4, -0.2) is 5.91 Å². The van der Waals surface area contributed by atoms with Gasteiger partial charge in [-0.2, -0.15) is 5.26 Å². The molecule has 4 heteroatoms. The molecule has 2 aromatic rings. The standard InChI is InChI=1S/C17H13BrN2O/c1-12-3-2-4-16(9-12)20-17(21)14(11-19)10-13-5-7-15(18)8-6-13/h2-10H,1H3,(H,20,21)/b14-10-. The molecule has 0 aliphatic carbocycles. The molecule has 0 heterocycles. The summed E-state index contributed by atoms with van der Waals surface area (Å²) in [7, 11) is 0. The fourth-order valence-corrected chi connectivity index (χ4v) is 2.06. The number of carbonyl (C=O) groups excluding carboxylic acids is 1. The molecule has 21 heavy (non-hydrogen) atoms. The van der Waals surface area contributed by atoms with Gasteiger partial charge in [-0.15, -0.1) is 0 Å². The Bertz CT molecular complexity index is 727. The van der Waals surface area contributed by atoms with Crippen molar-refractivity contribution < 1.29 is 4.79 Å². The summed E-state index contributed by atoms with van der Waals surface area (Å²) in [5, 5.41) is 11.9. The third-order valence-electron chi connectivity index (χ3n) is 2.82. The summed E-state index contributed by atoms with van der Waals surface area (Å²) >= 11 is 3.34. The molecule has 2 rings (SSSR count). The molecular formula is C17H13BrN2O. The van der Waals surface area contributed by atoms with Gasteiger partial charge in [0.1, 0.15) is 11.6 Å². The number of nitrogens with one attached hydrogen (secondary N) is 1. The van der Waals surface area contributed by atoms with Crippen molar-refractivity contribution in [3.63, 3.8) is 0 Å². The van der Waals surface area contributed by atoms with Gasteiger partial charge in [0.15, 0.2) is 0 Å². The Morgan fingerprint density at radius 3 is 2.57 bits per heavy atom. The Balaban J connectivity index is 2.19. The molecule has 0 spiro atoms. The van der Waals surface area contributed by atoms with E-state index >= 15 is 0 Å². The average Bonchev–Trinajstić information content (AvgIpc) is 2.46. The van der Waals surface area contributed by atoms with Crippen molar-refractivity contribution in [3.05, 3.63) is 69.7 Å². The lowest BCUT2D eigenvalue weighted by atomic mass is 10.1. The monoisotopic (exact) mass is 340 g/mol. The lowest BCUT2D eigenvalue weighted by Crippen LogP contribution is -2.13. The van der Waals surface area contributed by atoms with Gasteiger partial charge in [-0.05, 0) is 48.4 Å². The zero-order valence-electron chi connectivity index (χ0n) is 11.4. The highest BCUT2D eigenvalue weighted by Crippen LogP contribution is 2.15. The van der Waals surface area contributed by atoms with Crippen molar-refractivity contribution in [2.45, 2.75) is 6.92 Å². The Morgan fingerprint density at radius 1 is 1.24 bits per heavy atom. The molecule has 1 N–H and O–H groups in total. The molecule has 0 unspecified atom stereocenters. The van der Waals surface area contributed by atoms with E-state index in [1.165, 1.54) is 0 Å². The van der Waals surface area contributed by atoms with E-state index in [2.05, 4.69) is 21.2 Å². The molecule has 0 fully saturated rings. The Hall–Kier alpha value is -2.38. The molecule has 0 saturated carbocycles. The van der Waals surface area contributed by atoms with Crippen molar-refractivity contribution in [3.8, 4) is 6.07 Å². The molecule has 0 radical (unpaired) electrons. The van der Waals surface area contributed by atoms with Crippen molar-refractivity contribution >= 4 is 33.6 Å². The van der Waals surface area contributed by atoms with Crippen LogP contribution in [0.25, 0.3) is 6.08 Å². The number of hydrogen-bond acceptors (Lipinski definition) is 2. The molecule has 0 aromatic heterocycles. The highest BCUT2D eigenvalue weighted by Gasteiger charge is 2.09. The first-order valence-corrected chi connectivity index (χ1v) is 7.13. The first-order valence-electron chi connectivity index (χ1n) is 6.34. The highest BCUT2D eigenvalue weighted by molar-refractivity contribution is 9.10. The zero-order chi connectivity index (χ0) is 15.2. The molecule has 2 aromatic carbocycles. The van der Waals surface area contributed by atoms with Crippen LogP contribution in [0.2, 0.25) is 0 Å². The highest BCUT2D eigenvalue weighted by atomic mass is 79.9. The quantitative estimate of drug-likeness (QED) is 0.668. The molecule has 1 amide bonds. The normalized spacial score (nSPS) is 10.8. The van der Waals surface area contributed by atoms with E-state index in [9.17, 15) is 4.79 Å². The first-order chi connectivity index (χ1) is 10.1. The minimum absolute atomic E-state index is 0.0684. The van der Waals surface area contributed by atoms with E-state index in [1.807, 2.05) is 55.5 Å². The van der Waals surface area contributed by atoms with E-state index in [0.29, 0.717) is 5.69 Å². The maximum atomic E-state index is 12.1. The fourth-order valence-electron chi connectivity index (χ4n) is 1.80. The van der Waals surface area contributed by atoms with Crippen LogP contribution in [0.4, 0.5) is 5.69 Å². The third-order valence-corrected chi connectivity index (χ3v) is 3.35. The van der Waals surface area contributed by atoms with Crippen molar-refractivity contribution in [1.82, 2.24) is 0 Å². The van der Waals surface area contributed by atoms with Gasteiger partial charge >= 0.3 is 0 Å². The molecule has 0 atom stereocenters. The molecule has 0 bridgehead atoms. The van der Waals surface area contributed by atoms with Crippen LogP contribution in [-0.2, 0) is 4.79 Å². The van der Waals surface area contributed by atoms with Gasteiger partial charge in [0.05, 0.1) is 0 Å². The van der Waals surface area contributed by atoms with E-state index < -0.39 is 5.91 Å². The third kappa shape index (κ3) is 4.30. The molecular weight excluding hydrogens is 328 g/mol. The number of hydrogen-bond donors (Lipinski definition) is 1. The second-order valence-electron chi connectivity index (χ2n) is 4.54. The summed E-state index contributed by atoms with van der Waals surface area (Å²) in [5.74, 6) is -0.411. The zero-order valence-corrected chi connectivity index (χ0v) is 13.0. The topological polar surface area (TPSA) is 52.9 Å². The second kappa shape index (κ2) is 6.87. The molecule has 3 nitrogen and oxygen atoms in total. The Labute approximate surface area is 132 Å². The van der Waals surface area contributed by atoms with Gasteiger partial charge < -0.3 is 5.32 Å². The van der Waals surface area contributed by atoms with Gasteiger partial charge in [-0.1, -0.05) is 40.2 Å². The number of amides is 1. The summed E-state index contributed by atoms with van der Waals surface area (Å²) in [5.41, 5.74) is 2.59. The van der Waals surface area contributed by atoms with Gasteiger partial charge in [-0.3, -0.25) is 4.79 Å². The van der Waals surface area contributed by atoms with Gasteiger partial charge in [0.25, 0.3) is 5.91 Å². The molecule has 104 valence electrons. The van der Waals surface area contributed by atoms with Gasteiger partial charge in [0, 0.05) is 10.2 Å². The van der Waals surface area contributed by atoms with E-state index in [-0.39, 0.29) is 5.57 Å². The summed E-state index contributed by atoms with van der Waals surface area (Å²) in [4.78, 5) is 12.1. The second-order valence-corrected chi connectivity index (χ2v) is 5.46. The fraction of sp³-hybridized carbons (Fsp3) is 0.0588. The molecule has 0 aliphatic heterocycles. The van der Waals surface area contributed by atoms with Crippen LogP contribution < -0.4 is 5.32 Å². The molecule has 0 saturated heterocycles. The van der Waals surface area contributed by atoms with Crippen LogP contribution in [0, 0.1) is 18.3 Å². The summed E-state index contributed by atoms with van der Waals surface area (Å²) in [6.07, 6.45) is 1.57. The van der Waals surface area contributed by atoms with Crippen molar-refractivity contribution in [2.24, 2.45) is 0 Å². The molecule has 0 aliphatic rings. The van der Waals surface area contributed by atoms with Crippen LogP contribution >= 0.6 is 15.9 Å². The predicted octanol–water partition coefficient (Wildman–Crippen LogP) is 4.30. The number of halogens is 1. The number of rotatable bonds is 3. The Kier molecular flexibility index (Phi) is 4.91. The lowest BCUT2D eigenvalue weighted by Gasteiger charge is -2.05. The van der Waals surface area contributed by atoms with Gasteiger partial charge in [-0.25, -0.2) is 0 Å². The van der Waals surface area contributed by atoms with Crippen LogP contribution in [0.1, 0.15) is 11.1 Å². The van der Waals surface area contributed by atoms with E-state index in [4.69, 9.17) is 5.26 Å². The van der Waals surface area contributed by atoms with Crippen LogP contribution in [0.15, 0.2) is 58.6 Å². The maximum Gasteiger partial charge on any atom is 0.266 e. The smallest absolute Gasteiger partial charge is 0.266 e. The summed E-state index contributed by atoms with van der Waals surface area (Å²) < 4.78 is 0.947. The van der Waals surface area contributed by atoms with Crippen LogP contribution in [0.5, 0.6) is 0 Å². The largest absolute Gasteiger partial charge is 0.321 e. The number of nitrogens with zero attached hydrogens (tertiary/aromatic N) is 1. The Morgan fingerprint density at radius 2 is 1.95 bits per heavy atom. The minimum Gasteiger partial charge on any atom is -0.321 e. The number of anilines is 1. The summed E-state index contributed by atoms with van der Waals surface area (Å²) in [6, 6.07) is 16.8. The minimum atomic E-state index is -0.411. The summed E-state index contributed by atoms with van der Waals surface area (Å²) in [6.45, 7) is 1.94. The number of benzene rings is 2. The SMILES string of the molecule is Cc1cccc(NC(=O)/C(C#N)=C\c2ccc(Br)cc2)c1. The van der Waals surface area contributed by atoms with Crippen molar-refractivity contribution in [1.29, 1.82) is 5.26 Å². The predicted molar refractivity (Wildman–Crippen MR) is 87.5 cm³/mol. The number of nitriles is 1. The van der Waals surface area contributed by atoms with Crippen LogP contribution in [0.3, 0.4) is 0 Å².